The van der Waals surface area contributed by atoms with Crippen molar-refractivity contribution in [2.24, 2.45) is 0 Å². The number of nitrogens with zero attached hydrogens (tertiary/aromatic N) is 1. The standard InChI is InChI=1S/C12H21NO4/c14-9-7-10-4-1-2-8-13(10)11(15)5-3-6-12(16)17/h10,14H,1-9H2,(H,16,17). The number of aliphatic hydroxyl groups is 1. The molecule has 1 amide bonds. The van der Waals surface area contributed by atoms with Crippen LogP contribution in [0.25, 0.3) is 0 Å². The molecule has 17 heavy (non-hydrogen) atoms. The van der Waals surface area contributed by atoms with Gasteiger partial charge in [0.1, 0.15) is 0 Å². The van der Waals surface area contributed by atoms with Gasteiger partial charge in [0.2, 0.25) is 5.91 Å². The summed E-state index contributed by atoms with van der Waals surface area (Å²) in [6.07, 6.45) is 4.43. The van der Waals surface area contributed by atoms with Crippen LogP contribution in [0.15, 0.2) is 0 Å². The first-order valence-electron chi connectivity index (χ1n) is 6.27. The van der Waals surface area contributed by atoms with Crippen LogP contribution >= 0.6 is 0 Å². The molecule has 5 nitrogen and oxygen atoms in total. The van der Waals surface area contributed by atoms with Gasteiger partial charge in [0.25, 0.3) is 0 Å². The molecule has 98 valence electrons. The molecule has 0 radical (unpaired) electrons. The fourth-order valence-corrected chi connectivity index (χ4v) is 2.31. The number of aliphatic carboxylic acids is 1. The Morgan fingerprint density at radius 2 is 2.00 bits per heavy atom. The third kappa shape index (κ3) is 4.73. The number of rotatable bonds is 6. The summed E-state index contributed by atoms with van der Waals surface area (Å²) >= 11 is 0. The maximum absolute atomic E-state index is 11.9. The zero-order chi connectivity index (χ0) is 12.7. The molecule has 0 aromatic carbocycles. The second kappa shape index (κ2) is 7.27. The average molecular weight is 243 g/mol. The zero-order valence-corrected chi connectivity index (χ0v) is 10.1. The van der Waals surface area contributed by atoms with Crippen LogP contribution in [-0.2, 0) is 9.59 Å². The van der Waals surface area contributed by atoms with Gasteiger partial charge >= 0.3 is 5.97 Å². The molecule has 1 atom stereocenters. The van der Waals surface area contributed by atoms with Crippen LogP contribution in [0, 0.1) is 0 Å². The van der Waals surface area contributed by atoms with Crippen LogP contribution in [0.5, 0.6) is 0 Å². The molecule has 1 fully saturated rings. The lowest BCUT2D eigenvalue weighted by atomic mass is 9.99. The van der Waals surface area contributed by atoms with Crippen LogP contribution in [-0.4, -0.2) is 46.2 Å². The summed E-state index contributed by atoms with van der Waals surface area (Å²) < 4.78 is 0. The first-order chi connectivity index (χ1) is 8.15. The molecule has 1 unspecified atom stereocenters. The highest BCUT2D eigenvalue weighted by Gasteiger charge is 2.25. The molecule has 0 spiro atoms. The number of carbonyl (C=O) groups excluding carboxylic acids is 1. The third-order valence-electron chi connectivity index (χ3n) is 3.19. The van der Waals surface area contributed by atoms with E-state index < -0.39 is 5.97 Å². The van der Waals surface area contributed by atoms with E-state index in [-0.39, 0.29) is 25.0 Å². The minimum Gasteiger partial charge on any atom is -0.481 e. The van der Waals surface area contributed by atoms with E-state index in [0.29, 0.717) is 19.3 Å². The van der Waals surface area contributed by atoms with Crippen molar-refractivity contribution in [3.8, 4) is 0 Å². The highest BCUT2D eigenvalue weighted by molar-refractivity contribution is 5.77. The molecule has 1 aliphatic rings. The van der Waals surface area contributed by atoms with Crippen molar-refractivity contribution in [3.63, 3.8) is 0 Å². The van der Waals surface area contributed by atoms with Crippen molar-refractivity contribution in [2.45, 2.75) is 51.0 Å². The van der Waals surface area contributed by atoms with Gasteiger partial charge in [-0.25, -0.2) is 0 Å². The highest BCUT2D eigenvalue weighted by Crippen LogP contribution is 2.20. The molecule has 1 rings (SSSR count). The number of likely N-dealkylation sites (tertiary alicyclic amines) is 1. The summed E-state index contributed by atoms with van der Waals surface area (Å²) in [7, 11) is 0. The van der Waals surface area contributed by atoms with E-state index in [1.54, 1.807) is 0 Å². The van der Waals surface area contributed by atoms with Crippen LogP contribution in [0.4, 0.5) is 0 Å². The number of carboxylic acid groups (broad SMARTS) is 1. The quantitative estimate of drug-likeness (QED) is 0.729. The second-order valence-electron chi connectivity index (χ2n) is 4.50. The lowest BCUT2D eigenvalue weighted by Crippen LogP contribution is -2.44. The summed E-state index contributed by atoms with van der Waals surface area (Å²) in [5.41, 5.74) is 0. The summed E-state index contributed by atoms with van der Waals surface area (Å²) in [6.45, 7) is 0.847. The molecular weight excluding hydrogens is 222 g/mol. The van der Waals surface area contributed by atoms with E-state index in [0.717, 1.165) is 25.8 Å². The number of hydrogen-bond acceptors (Lipinski definition) is 3. The van der Waals surface area contributed by atoms with Crippen molar-refractivity contribution in [2.75, 3.05) is 13.2 Å². The number of carbonyl (C=O) groups is 2. The van der Waals surface area contributed by atoms with Crippen LogP contribution in [0.2, 0.25) is 0 Å². The van der Waals surface area contributed by atoms with Gasteiger partial charge in [0.05, 0.1) is 0 Å². The molecule has 0 aromatic heterocycles. The highest BCUT2D eigenvalue weighted by atomic mass is 16.4. The fraction of sp³-hybridized carbons (Fsp3) is 0.833. The smallest absolute Gasteiger partial charge is 0.303 e. The second-order valence-corrected chi connectivity index (χ2v) is 4.50. The van der Waals surface area contributed by atoms with Gasteiger partial charge in [0, 0.05) is 32.0 Å². The van der Waals surface area contributed by atoms with Gasteiger partial charge in [-0.1, -0.05) is 0 Å². The van der Waals surface area contributed by atoms with Crippen molar-refractivity contribution in [1.29, 1.82) is 0 Å². The Balaban J connectivity index is 2.38. The van der Waals surface area contributed by atoms with E-state index in [2.05, 4.69) is 0 Å². The maximum atomic E-state index is 11.9. The van der Waals surface area contributed by atoms with Gasteiger partial charge in [0.15, 0.2) is 0 Å². The first kappa shape index (κ1) is 14.0. The predicted molar refractivity (Wildman–Crippen MR) is 62.5 cm³/mol. The molecule has 5 heteroatoms. The van der Waals surface area contributed by atoms with Crippen molar-refractivity contribution >= 4 is 11.9 Å². The molecule has 0 aromatic rings. The van der Waals surface area contributed by atoms with E-state index in [1.807, 2.05) is 4.90 Å². The Morgan fingerprint density at radius 3 is 2.65 bits per heavy atom. The van der Waals surface area contributed by atoms with E-state index in [1.165, 1.54) is 0 Å². The normalized spacial score (nSPS) is 20.3. The van der Waals surface area contributed by atoms with Gasteiger partial charge in [-0.05, 0) is 32.1 Å². The third-order valence-corrected chi connectivity index (χ3v) is 3.19. The minimum absolute atomic E-state index is 0.0319. The predicted octanol–water partition coefficient (Wildman–Crippen LogP) is 1.00. The topological polar surface area (TPSA) is 77.8 Å². The molecule has 0 bridgehead atoms. The molecule has 1 saturated heterocycles. The van der Waals surface area contributed by atoms with Gasteiger partial charge < -0.3 is 15.1 Å². The molecule has 0 aliphatic carbocycles. The average Bonchev–Trinajstić information content (AvgIpc) is 2.29. The SMILES string of the molecule is O=C(O)CCCC(=O)N1CCCCC1CCO. The number of amides is 1. The monoisotopic (exact) mass is 243 g/mol. The first-order valence-corrected chi connectivity index (χ1v) is 6.27. The summed E-state index contributed by atoms with van der Waals surface area (Å²) in [5, 5.41) is 17.5. The zero-order valence-electron chi connectivity index (χ0n) is 10.1. The Hall–Kier alpha value is -1.10. The molecule has 1 aliphatic heterocycles. The Morgan fingerprint density at radius 1 is 1.24 bits per heavy atom. The van der Waals surface area contributed by atoms with E-state index >= 15 is 0 Å². The van der Waals surface area contributed by atoms with Crippen molar-refractivity contribution in [3.05, 3.63) is 0 Å². The van der Waals surface area contributed by atoms with Crippen molar-refractivity contribution < 1.29 is 19.8 Å². The Kier molecular flexibility index (Phi) is 5.97. The van der Waals surface area contributed by atoms with Gasteiger partial charge in [-0.3, -0.25) is 9.59 Å². The largest absolute Gasteiger partial charge is 0.481 e. The lowest BCUT2D eigenvalue weighted by molar-refractivity contribution is -0.138. The Bertz CT molecular complexity index is 265. The fourth-order valence-electron chi connectivity index (χ4n) is 2.31. The summed E-state index contributed by atoms with van der Waals surface area (Å²) in [6, 6.07) is 0.145. The number of hydrogen-bond donors (Lipinski definition) is 2. The molecular formula is C12H21NO4. The Labute approximate surface area is 101 Å². The minimum atomic E-state index is -0.858. The van der Waals surface area contributed by atoms with Crippen molar-refractivity contribution in [1.82, 2.24) is 4.90 Å². The van der Waals surface area contributed by atoms with Crippen LogP contribution in [0.3, 0.4) is 0 Å². The maximum Gasteiger partial charge on any atom is 0.303 e. The van der Waals surface area contributed by atoms with Crippen LogP contribution in [0.1, 0.15) is 44.9 Å². The van der Waals surface area contributed by atoms with Crippen LogP contribution < -0.4 is 0 Å². The summed E-state index contributed by atoms with van der Waals surface area (Å²) in [4.78, 5) is 24.1. The van der Waals surface area contributed by atoms with Gasteiger partial charge in [-0.2, -0.15) is 0 Å². The van der Waals surface area contributed by atoms with E-state index in [9.17, 15) is 9.59 Å². The molecule has 2 N–H and O–H groups in total. The van der Waals surface area contributed by atoms with Gasteiger partial charge in [-0.15, -0.1) is 0 Å². The number of piperidine rings is 1. The van der Waals surface area contributed by atoms with E-state index in [4.69, 9.17) is 10.2 Å². The summed E-state index contributed by atoms with van der Waals surface area (Å²) in [5.74, 6) is -0.826. The number of carboxylic acids is 1. The number of aliphatic hydroxyl groups excluding tert-OH is 1. The molecule has 0 saturated carbocycles. The lowest BCUT2D eigenvalue weighted by Gasteiger charge is -2.35. The molecule has 1 heterocycles.